The molecule has 9 nitrogen and oxygen atoms in total. The number of carbonyl (C=O) groups is 1. The van der Waals surface area contributed by atoms with Crippen LogP contribution in [0.3, 0.4) is 0 Å². The van der Waals surface area contributed by atoms with Gasteiger partial charge in [-0.2, -0.15) is 5.10 Å². The van der Waals surface area contributed by atoms with E-state index in [1.807, 2.05) is 17.5 Å². The average molecular weight is 459 g/mol. The van der Waals surface area contributed by atoms with Crippen LogP contribution in [0.1, 0.15) is 11.8 Å². The van der Waals surface area contributed by atoms with Gasteiger partial charge in [0.15, 0.2) is 0 Å². The summed E-state index contributed by atoms with van der Waals surface area (Å²) in [6.07, 6.45) is 0. The van der Waals surface area contributed by atoms with Gasteiger partial charge in [-0.05, 0) is 36.6 Å². The maximum Gasteiger partial charge on any atom is 0.271 e. The van der Waals surface area contributed by atoms with Crippen LogP contribution in [-0.2, 0) is 14.8 Å². The number of thiophene rings is 1. The maximum atomic E-state index is 13.2. The van der Waals surface area contributed by atoms with Gasteiger partial charge < -0.3 is 0 Å². The average Bonchev–Trinajstić information content (AvgIpc) is 3.31. The molecule has 3 rings (SSSR count). The van der Waals surface area contributed by atoms with Crippen LogP contribution in [0.4, 0.5) is 11.4 Å². The molecular formula is C20H18N4O5S2. The summed E-state index contributed by atoms with van der Waals surface area (Å²) < 4.78 is 27.3. The molecule has 0 aliphatic rings. The van der Waals surface area contributed by atoms with Crippen molar-refractivity contribution in [3.8, 4) is 0 Å². The zero-order chi connectivity index (χ0) is 22.4. The Morgan fingerprint density at radius 3 is 2.52 bits per heavy atom. The van der Waals surface area contributed by atoms with Crippen LogP contribution in [0.25, 0.3) is 0 Å². The van der Waals surface area contributed by atoms with Crippen LogP contribution in [-0.4, -0.2) is 31.5 Å². The minimum atomic E-state index is -4.17. The predicted molar refractivity (Wildman–Crippen MR) is 119 cm³/mol. The molecular weight excluding hydrogens is 440 g/mol. The van der Waals surface area contributed by atoms with E-state index in [4.69, 9.17) is 0 Å². The Balaban J connectivity index is 1.93. The first-order chi connectivity index (χ1) is 14.8. The van der Waals surface area contributed by atoms with Gasteiger partial charge in [0.05, 0.1) is 21.2 Å². The molecule has 160 valence electrons. The fraction of sp³-hybridized carbons (Fsp3) is 0.100. The normalized spacial score (nSPS) is 11.7. The highest BCUT2D eigenvalue weighted by atomic mass is 32.2. The number of hydrazone groups is 1. The van der Waals surface area contributed by atoms with Crippen LogP contribution in [0, 0.1) is 10.1 Å². The lowest BCUT2D eigenvalue weighted by Crippen LogP contribution is -2.39. The van der Waals surface area contributed by atoms with Crippen LogP contribution in [0.15, 0.2) is 82.1 Å². The molecule has 0 saturated heterocycles. The molecule has 0 aliphatic carbocycles. The first-order valence-electron chi connectivity index (χ1n) is 8.98. The van der Waals surface area contributed by atoms with Gasteiger partial charge in [-0.25, -0.2) is 13.8 Å². The summed E-state index contributed by atoms with van der Waals surface area (Å²) in [5.41, 5.74) is 2.61. The van der Waals surface area contributed by atoms with E-state index in [0.29, 0.717) is 5.71 Å². The van der Waals surface area contributed by atoms with Crippen LogP contribution < -0.4 is 9.73 Å². The number of anilines is 1. The molecule has 0 bridgehead atoms. The maximum absolute atomic E-state index is 13.2. The Labute approximate surface area is 182 Å². The zero-order valence-electron chi connectivity index (χ0n) is 16.3. The molecule has 0 aliphatic heterocycles. The Kier molecular flexibility index (Phi) is 6.78. The van der Waals surface area contributed by atoms with E-state index in [9.17, 15) is 23.3 Å². The number of nitrogens with zero attached hydrogens (tertiary/aromatic N) is 3. The number of sulfonamides is 1. The summed E-state index contributed by atoms with van der Waals surface area (Å²) in [5, 5.41) is 17.0. The Morgan fingerprint density at radius 1 is 1.13 bits per heavy atom. The summed E-state index contributed by atoms with van der Waals surface area (Å²) in [7, 11) is -4.17. The zero-order valence-corrected chi connectivity index (χ0v) is 18.0. The fourth-order valence-electron chi connectivity index (χ4n) is 2.65. The smallest absolute Gasteiger partial charge is 0.271 e. The van der Waals surface area contributed by atoms with E-state index in [-0.39, 0.29) is 16.3 Å². The van der Waals surface area contributed by atoms with Crippen molar-refractivity contribution in [2.75, 3.05) is 10.8 Å². The van der Waals surface area contributed by atoms with Gasteiger partial charge in [-0.15, -0.1) is 11.3 Å². The number of nitro benzene ring substituents is 1. The van der Waals surface area contributed by atoms with E-state index in [0.717, 1.165) is 15.2 Å². The van der Waals surface area contributed by atoms with Crippen LogP contribution in [0.5, 0.6) is 0 Å². The first-order valence-corrected chi connectivity index (χ1v) is 11.3. The van der Waals surface area contributed by atoms with Gasteiger partial charge in [0.25, 0.3) is 21.6 Å². The molecule has 0 saturated carbocycles. The van der Waals surface area contributed by atoms with Crippen molar-refractivity contribution < 1.29 is 18.1 Å². The number of nitrogens with one attached hydrogen (secondary N) is 1. The standard InChI is InChI=1S/C20H18N4O5S2/c1-15(19-11-6-12-30-19)21-22-20(25)14-23(16-7-5-8-17(13-16)24(26)27)31(28,29)18-9-3-2-4-10-18/h2-13H,14H2,1H3,(H,22,25)/b21-15-. The first kappa shape index (κ1) is 22.1. The molecule has 1 amide bonds. The molecule has 0 fully saturated rings. The molecule has 0 radical (unpaired) electrons. The van der Waals surface area contributed by atoms with Gasteiger partial charge in [-0.3, -0.25) is 19.2 Å². The molecule has 11 heteroatoms. The second-order valence-electron chi connectivity index (χ2n) is 6.31. The number of hydrogen-bond acceptors (Lipinski definition) is 7. The van der Waals surface area contributed by atoms with Crippen molar-refractivity contribution in [2.45, 2.75) is 11.8 Å². The number of hydrogen-bond donors (Lipinski definition) is 1. The van der Waals surface area contributed by atoms with Gasteiger partial charge in [0.1, 0.15) is 6.54 Å². The van der Waals surface area contributed by atoms with Gasteiger partial charge in [-0.1, -0.05) is 30.3 Å². The molecule has 1 aromatic heterocycles. The van der Waals surface area contributed by atoms with Crippen molar-refractivity contribution in [3.63, 3.8) is 0 Å². The Morgan fingerprint density at radius 2 is 1.87 bits per heavy atom. The molecule has 0 atom stereocenters. The lowest BCUT2D eigenvalue weighted by molar-refractivity contribution is -0.384. The largest absolute Gasteiger partial charge is 0.271 e. The third-order valence-corrected chi connectivity index (χ3v) is 6.94. The summed E-state index contributed by atoms with van der Waals surface area (Å²) in [5.74, 6) is -0.693. The summed E-state index contributed by atoms with van der Waals surface area (Å²) >= 11 is 1.45. The molecule has 0 spiro atoms. The Bertz CT molecular complexity index is 1210. The molecule has 1 heterocycles. The van der Waals surface area contributed by atoms with Crippen LogP contribution >= 0.6 is 11.3 Å². The van der Waals surface area contributed by atoms with E-state index < -0.39 is 27.4 Å². The third-order valence-electron chi connectivity index (χ3n) is 4.17. The number of rotatable bonds is 8. The molecule has 31 heavy (non-hydrogen) atoms. The molecule has 0 unspecified atom stereocenters. The molecule has 1 N–H and O–H groups in total. The van der Waals surface area contributed by atoms with Crippen molar-refractivity contribution in [2.24, 2.45) is 5.10 Å². The summed E-state index contributed by atoms with van der Waals surface area (Å²) in [4.78, 5) is 23.9. The second-order valence-corrected chi connectivity index (χ2v) is 9.12. The van der Waals surface area contributed by atoms with Crippen molar-refractivity contribution in [3.05, 3.63) is 87.1 Å². The number of nitro groups is 1. The quantitative estimate of drug-likeness (QED) is 0.315. The topological polar surface area (TPSA) is 122 Å². The number of benzene rings is 2. The second kappa shape index (κ2) is 9.49. The highest BCUT2D eigenvalue weighted by Gasteiger charge is 2.28. The highest BCUT2D eigenvalue weighted by molar-refractivity contribution is 7.92. The van der Waals surface area contributed by atoms with Gasteiger partial charge in [0.2, 0.25) is 0 Å². The summed E-state index contributed by atoms with van der Waals surface area (Å²) in [6.45, 7) is 1.10. The van der Waals surface area contributed by atoms with Gasteiger partial charge >= 0.3 is 0 Å². The van der Waals surface area contributed by atoms with Gasteiger partial charge in [0, 0.05) is 17.0 Å². The summed E-state index contributed by atoms with van der Waals surface area (Å²) in [6, 6.07) is 16.3. The number of non-ortho nitro benzene ring substituents is 1. The molecule has 3 aromatic rings. The predicted octanol–water partition coefficient (Wildman–Crippen LogP) is 3.39. The van der Waals surface area contributed by atoms with Crippen molar-refractivity contribution in [1.82, 2.24) is 5.43 Å². The lowest BCUT2D eigenvalue weighted by atomic mass is 10.3. The highest BCUT2D eigenvalue weighted by Crippen LogP contribution is 2.26. The van der Waals surface area contributed by atoms with E-state index >= 15 is 0 Å². The van der Waals surface area contributed by atoms with E-state index in [2.05, 4.69) is 10.5 Å². The van der Waals surface area contributed by atoms with Crippen molar-refractivity contribution in [1.29, 1.82) is 0 Å². The monoisotopic (exact) mass is 458 g/mol. The molecule has 2 aromatic carbocycles. The van der Waals surface area contributed by atoms with E-state index in [1.165, 1.54) is 41.7 Å². The third kappa shape index (κ3) is 5.32. The minimum Gasteiger partial charge on any atom is -0.271 e. The number of carbonyl (C=O) groups excluding carboxylic acids is 1. The minimum absolute atomic E-state index is 0.00726. The number of amides is 1. The van der Waals surface area contributed by atoms with E-state index in [1.54, 1.807) is 25.1 Å². The SMILES string of the molecule is C/C(=N/NC(=O)CN(c1cccc([N+](=O)[O-])c1)S(=O)(=O)c1ccccc1)c1cccs1. The lowest BCUT2D eigenvalue weighted by Gasteiger charge is -2.23. The van der Waals surface area contributed by atoms with Crippen molar-refractivity contribution >= 4 is 44.4 Å². The fourth-order valence-corrected chi connectivity index (χ4v) is 4.76. The Hall–Kier alpha value is -3.57. The van der Waals surface area contributed by atoms with Crippen LogP contribution in [0.2, 0.25) is 0 Å².